The molecule has 2 aromatic rings. The maximum Gasteiger partial charge on any atom is 0.227 e. The number of anilines is 1. The van der Waals surface area contributed by atoms with Gasteiger partial charge in [0.05, 0.1) is 0 Å². The average molecular weight is 547 g/mol. The van der Waals surface area contributed by atoms with Crippen LogP contribution in [-0.4, -0.2) is 49.5 Å². The second-order valence-electron chi connectivity index (χ2n) is 8.46. The largest absolute Gasteiger partial charge is 0.355 e. The molecule has 2 N–H and O–H groups in total. The molecule has 0 aromatic heterocycles. The molecule has 7 heteroatoms. The zero-order chi connectivity index (χ0) is 21.6. The Morgan fingerprint density at radius 2 is 1.78 bits per heavy atom. The predicted molar refractivity (Wildman–Crippen MR) is 142 cm³/mol. The smallest absolute Gasteiger partial charge is 0.227 e. The van der Waals surface area contributed by atoms with Crippen molar-refractivity contribution in [2.75, 3.05) is 31.6 Å². The van der Waals surface area contributed by atoms with E-state index in [1.54, 1.807) is 7.05 Å². The molecule has 0 aliphatic carbocycles. The molecule has 2 aliphatic heterocycles. The quantitative estimate of drug-likeness (QED) is 0.330. The maximum atomic E-state index is 11.9. The number of hydrogen-bond donors (Lipinski definition) is 2. The molecule has 1 unspecified atom stereocenters. The van der Waals surface area contributed by atoms with Crippen LogP contribution in [0.25, 0.3) is 0 Å². The van der Waals surface area contributed by atoms with Crippen molar-refractivity contribution >= 4 is 41.5 Å². The van der Waals surface area contributed by atoms with E-state index in [2.05, 4.69) is 63.8 Å². The minimum Gasteiger partial charge on any atom is -0.355 e. The van der Waals surface area contributed by atoms with Crippen molar-refractivity contribution < 1.29 is 4.79 Å². The van der Waals surface area contributed by atoms with Gasteiger partial charge in [0.2, 0.25) is 5.91 Å². The first-order chi connectivity index (χ1) is 15.1. The van der Waals surface area contributed by atoms with Crippen molar-refractivity contribution in [2.45, 2.75) is 45.3 Å². The van der Waals surface area contributed by atoms with E-state index in [1.807, 2.05) is 17.0 Å². The molecule has 2 heterocycles. The van der Waals surface area contributed by atoms with Gasteiger partial charge in [-0.3, -0.25) is 14.7 Å². The zero-order valence-electron chi connectivity index (χ0n) is 19.0. The van der Waals surface area contributed by atoms with E-state index in [1.165, 1.54) is 16.7 Å². The Labute approximate surface area is 208 Å². The third kappa shape index (κ3) is 6.01. The van der Waals surface area contributed by atoms with Crippen molar-refractivity contribution in [3.63, 3.8) is 0 Å². The number of nitrogens with zero attached hydrogens (tertiary/aromatic N) is 3. The lowest BCUT2D eigenvalue weighted by atomic mass is 9.99. The number of halogens is 1. The first-order valence-electron chi connectivity index (χ1n) is 11.3. The van der Waals surface area contributed by atoms with Crippen LogP contribution in [0.1, 0.15) is 36.5 Å². The van der Waals surface area contributed by atoms with Gasteiger partial charge in [0.25, 0.3) is 0 Å². The Kier molecular flexibility index (Phi) is 8.92. The van der Waals surface area contributed by atoms with Crippen LogP contribution in [-0.2, 0) is 24.3 Å². The number of rotatable bonds is 6. The third-order valence-corrected chi connectivity index (χ3v) is 6.35. The number of aliphatic imine (C=N–C) groups is 1. The molecule has 0 spiro atoms. The molecular formula is C25H34IN5O. The number of carbonyl (C=O) groups excluding carboxylic acids is 1. The topological polar surface area (TPSA) is 60.0 Å². The molecule has 2 aromatic carbocycles. The predicted octanol–water partition coefficient (Wildman–Crippen LogP) is 3.54. The monoisotopic (exact) mass is 547 g/mol. The van der Waals surface area contributed by atoms with Gasteiger partial charge in [-0.2, -0.15) is 0 Å². The van der Waals surface area contributed by atoms with Crippen molar-refractivity contribution in [2.24, 2.45) is 4.99 Å². The highest BCUT2D eigenvalue weighted by molar-refractivity contribution is 14.0. The summed E-state index contributed by atoms with van der Waals surface area (Å²) in [7, 11) is 1.80. The molecule has 6 nitrogen and oxygen atoms in total. The minimum atomic E-state index is 0. The number of nitrogens with one attached hydrogen (secondary N) is 2. The zero-order valence-corrected chi connectivity index (χ0v) is 21.3. The summed E-state index contributed by atoms with van der Waals surface area (Å²) < 4.78 is 0. The lowest BCUT2D eigenvalue weighted by Gasteiger charge is -2.34. The summed E-state index contributed by atoms with van der Waals surface area (Å²) in [5.74, 6) is 1.03. The molecule has 1 amide bonds. The molecule has 0 bridgehead atoms. The van der Waals surface area contributed by atoms with Gasteiger partial charge in [-0.05, 0) is 48.6 Å². The highest BCUT2D eigenvalue weighted by Gasteiger charge is 2.22. The summed E-state index contributed by atoms with van der Waals surface area (Å²) in [5.41, 5.74) is 5.09. The summed E-state index contributed by atoms with van der Waals surface area (Å²) in [6.45, 7) is 6.74. The van der Waals surface area contributed by atoms with Crippen LogP contribution < -0.4 is 15.5 Å². The van der Waals surface area contributed by atoms with E-state index in [4.69, 9.17) is 0 Å². The molecule has 0 saturated carbocycles. The van der Waals surface area contributed by atoms with Crippen LogP contribution >= 0.6 is 24.0 Å². The maximum absolute atomic E-state index is 11.9. The highest BCUT2D eigenvalue weighted by Crippen LogP contribution is 2.22. The number of fused-ring (bicyclic) bond motifs is 1. The van der Waals surface area contributed by atoms with E-state index >= 15 is 0 Å². The summed E-state index contributed by atoms with van der Waals surface area (Å²) in [6.07, 6.45) is 2.73. The first-order valence-corrected chi connectivity index (χ1v) is 11.3. The van der Waals surface area contributed by atoms with Crippen LogP contribution in [0.4, 0.5) is 5.69 Å². The summed E-state index contributed by atoms with van der Waals surface area (Å²) in [6, 6.07) is 17.4. The molecule has 4 rings (SSSR count). The molecule has 1 saturated heterocycles. The molecule has 1 atom stereocenters. The van der Waals surface area contributed by atoms with Crippen LogP contribution in [0, 0.1) is 0 Å². The third-order valence-electron chi connectivity index (χ3n) is 6.35. The van der Waals surface area contributed by atoms with Crippen molar-refractivity contribution in [1.82, 2.24) is 15.5 Å². The van der Waals surface area contributed by atoms with Crippen LogP contribution in [0.2, 0.25) is 0 Å². The molecule has 2 aliphatic rings. The summed E-state index contributed by atoms with van der Waals surface area (Å²) in [5, 5.41) is 6.86. The van der Waals surface area contributed by atoms with Gasteiger partial charge in [-0.1, -0.05) is 36.4 Å². The fourth-order valence-electron chi connectivity index (χ4n) is 4.39. The summed E-state index contributed by atoms with van der Waals surface area (Å²) in [4.78, 5) is 20.7. The molecule has 32 heavy (non-hydrogen) atoms. The number of guanidine groups is 1. The second kappa shape index (κ2) is 11.7. The lowest BCUT2D eigenvalue weighted by Crippen LogP contribution is -2.47. The lowest BCUT2D eigenvalue weighted by molar-refractivity contribution is -0.117. The first kappa shape index (κ1) is 24.5. The van der Waals surface area contributed by atoms with Crippen molar-refractivity contribution in [3.05, 3.63) is 65.2 Å². The Hall–Kier alpha value is -2.13. The van der Waals surface area contributed by atoms with Gasteiger partial charge < -0.3 is 15.5 Å². The Morgan fingerprint density at radius 1 is 1.03 bits per heavy atom. The molecular weight excluding hydrogens is 513 g/mol. The number of hydrogen-bond acceptors (Lipinski definition) is 3. The van der Waals surface area contributed by atoms with E-state index in [-0.39, 0.29) is 29.9 Å². The van der Waals surface area contributed by atoms with Crippen molar-refractivity contribution in [3.8, 4) is 0 Å². The van der Waals surface area contributed by atoms with Gasteiger partial charge in [0.15, 0.2) is 5.96 Å². The Balaban J connectivity index is 0.00000289. The van der Waals surface area contributed by atoms with Gasteiger partial charge in [0, 0.05) is 57.9 Å². The van der Waals surface area contributed by atoms with Gasteiger partial charge in [-0.25, -0.2) is 0 Å². The van der Waals surface area contributed by atoms with E-state index in [0.717, 1.165) is 50.7 Å². The van der Waals surface area contributed by atoms with Gasteiger partial charge in [-0.15, -0.1) is 24.0 Å². The number of benzene rings is 2. The van der Waals surface area contributed by atoms with Gasteiger partial charge >= 0.3 is 0 Å². The van der Waals surface area contributed by atoms with E-state index < -0.39 is 0 Å². The summed E-state index contributed by atoms with van der Waals surface area (Å²) >= 11 is 0. The molecule has 1 fully saturated rings. The minimum absolute atomic E-state index is 0. The molecule has 0 radical (unpaired) electrons. The Morgan fingerprint density at radius 3 is 2.47 bits per heavy atom. The standard InChI is InChI=1S/C25H33N5O.HI/c1-19(29-15-13-21-6-3-4-7-22(21)18-29)16-27-25(26-2)28-17-20-9-11-23(12-10-20)30-14-5-8-24(30)31;/h3-4,6-7,9-12,19H,5,8,13-18H2,1-2H3,(H2,26,27,28);1H. The SMILES string of the molecule is CN=C(NCc1ccc(N2CCCC2=O)cc1)NCC(C)N1CCc2ccccc2C1.I. The average Bonchev–Trinajstić information content (AvgIpc) is 3.24. The molecule has 172 valence electrons. The van der Waals surface area contributed by atoms with E-state index in [0.29, 0.717) is 19.0 Å². The fraction of sp³-hybridized carbons (Fsp3) is 0.440. The second-order valence-corrected chi connectivity index (χ2v) is 8.46. The highest BCUT2D eigenvalue weighted by atomic mass is 127. The van der Waals surface area contributed by atoms with Crippen LogP contribution in [0.3, 0.4) is 0 Å². The fourth-order valence-corrected chi connectivity index (χ4v) is 4.39. The van der Waals surface area contributed by atoms with Crippen LogP contribution in [0.15, 0.2) is 53.5 Å². The Bertz CT molecular complexity index is 930. The van der Waals surface area contributed by atoms with Gasteiger partial charge in [0.1, 0.15) is 0 Å². The number of carbonyl (C=O) groups is 1. The normalized spacial score (nSPS) is 17.5. The van der Waals surface area contributed by atoms with Crippen LogP contribution in [0.5, 0.6) is 0 Å². The number of amides is 1. The van der Waals surface area contributed by atoms with Crippen molar-refractivity contribution in [1.29, 1.82) is 0 Å². The van der Waals surface area contributed by atoms with E-state index in [9.17, 15) is 4.79 Å².